The zero-order chi connectivity index (χ0) is 18.6. The van der Waals surface area contributed by atoms with Crippen LogP contribution in [-0.4, -0.2) is 53.2 Å². The van der Waals surface area contributed by atoms with E-state index in [1.807, 2.05) is 12.1 Å². The van der Waals surface area contributed by atoms with Gasteiger partial charge in [0, 0.05) is 19.7 Å². The third-order valence-electron chi connectivity index (χ3n) is 3.95. The van der Waals surface area contributed by atoms with Gasteiger partial charge < -0.3 is 18.9 Å². The normalized spacial score (nSPS) is 13.5. The number of benzene rings is 2. The first-order valence-corrected chi connectivity index (χ1v) is 9.58. The van der Waals surface area contributed by atoms with Gasteiger partial charge in [0.05, 0.1) is 12.0 Å². The number of para-hydroxylation sites is 2. The van der Waals surface area contributed by atoms with Gasteiger partial charge in [-0.25, -0.2) is 8.42 Å². The number of methoxy groups -OCH3 is 1. The lowest BCUT2D eigenvalue weighted by atomic mass is 10.3. The maximum absolute atomic E-state index is 12.7. The summed E-state index contributed by atoms with van der Waals surface area (Å²) in [6, 6.07) is 11.8. The molecule has 7 nitrogen and oxygen atoms in total. The van der Waals surface area contributed by atoms with Crippen molar-refractivity contribution in [2.45, 2.75) is 4.90 Å². The van der Waals surface area contributed by atoms with Crippen LogP contribution >= 0.6 is 0 Å². The molecule has 0 unspecified atom stereocenters. The average molecular weight is 379 g/mol. The van der Waals surface area contributed by atoms with Crippen molar-refractivity contribution in [1.29, 1.82) is 0 Å². The van der Waals surface area contributed by atoms with Gasteiger partial charge in [-0.1, -0.05) is 12.1 Å². The molecule has 3 rings (SSSR count). The lowest BCUT2D eigenvalue weighted by Crippen LogP contribution is -2.31. The summed E-state index contributed by atoms with van der Waals surface area (Å²) in [7, 11) is -0.588. The number of rotatable bonds is 7. The largest absolute Gasteiger partial charge is 0.493 e. The Morgan fingerprint density at radius 2 is 1.73 bits per heavy atom. The van der Waals surface area contributed by atoms with E-state index in [-0.39, 0.29) is 18.0 Å². The van der Waals surface area contributed by atoms with E-state index >= 15 is 0 Å². The minimum atomic E-state index is -3.66. The average Bonchev–Trinajstić information content (AvgIpc) is 2.67. The molecule has 2 aromatic rings. The SMILES string of the molecule is COc1ccccc1OCCN(C)S(=O)(=O)c1ccc2c(c1)OCCO2. The second kappa shape index (κ2) is 7.84. The van der Waals surface area contributed by atoms with Crippen LogP contribution in [0.3, 0.4) is 0 Å². The zero-order valence-corrected chi connectivity index (χ0v) is 15.5. The van der Waals surface area contributed by atoms with Gasteiger partial charge in [0.15, 0.2) is 23.0 Å². The van der Waals surface area contributed by atoms with Crippen molar-refractivity contribution in [3.8, 4) is 23.0 Å². The second-order valence-corrected chi connectivity index (χ2v) is 7.68. The van der Waals surface area contributed by atoms with Crippen LogP contribution in [0.25, 0.3) is 0 Å². The van der Waals surface area contributed by atoms with Crippen LogP contribution in [0.1, 0.15) is 0 Å². The number of sulfonamides is 1. The van der Waals surface area contributed by atoms with Crippen molar-refractivity contribution in [1.82, 2.24) is 4.31 Å². The fraction of sp³-hybridized carbons (Fsp3) is 0.333. The molecule has 1 aliphatic rings. The highest BCUT2D eigenvalue weighted by molar-refractivity contribution is 7.89. The minimum Gasteiger partial charge on any atom is -0.493 e. The summed E-state index contributed by atoms with van der Waals surface area (Å²) in [6.07, 6.45) is 0. The van der Waals surface area contributed by atoms with Crippen LogP contribution in [0.5, 0.6) is 23.0 Å². The smallest absolute Gasteiger partial charge is 0.243 e. The summed E-state index contributed by atoms with van der Waals surface area (Å²) in [6.45, 7) is 1.24. The minimum absolute atomic E-state index is 0.154. The molecule has 0 saturated heterocycles. The Hall–Kier alpha value is -2.45. The van der Waals surface area contributed by atoms with Gasteiger partial charge >= 0.3 is 0 Å². The third-order valence-corrected chi connectivity index (χ3v) is 5.81. The molecule has 0 aromatic heterocycles. The lowest BCUT2D eigenvalue weighted by molar-refractivity contribution is 0.171. The molecule has 140 valence electrons. The molecule has 0 aliphatic carbocycles. The molecule has 0 radical (unpaired) electrons. The first-order valence-electron chi connectivity index (χ1n) is 8.14. The fourth-order valence-corrected chi connectivity index (χ4v) is 3.68. The summed E-state index contributed by atoms with van der Waals surface area (Å²) in [5.41, 5.74) is 0. The lowest BCUT2D eigenvalue weighted by Gasteiger charge is -2.21. The van der Waals surface area contributed by atoms with E-state index < -0.39 is 10.0 Å². The summed E-state index contributed by atoms with van der Waals surface area (Å²) in [4.78, 5) is 0.154. The van der Waals surface area contributed by atoms with Crippen molar-refractivity contribution >= 4 is 10.0 Å². The molecule has 0 N–H and O–H groups in total. The van der Waals surface area contributed by atoms with Crippen LogP contribution in [0.2, 0.25) is 0 Å². The number of nitrogens with zero attached hydrogens (tertiary/aromatic N) is 1. The van der Waals surface area contributed by atoms with Crippen LogP contribution < -0.4 is 18.9 Å². The number of fused-ring (bicyclic) bond motifs is 1. The van der Waals surface area contributed by atoms with Crippen LogP contribution in [0.4, 0.5) is 0 Å². The van der Waals surface area contributed by atoms with E-state index in [0.29, 0.717) is 36.2 Å². The summed E-state index contributed by atoms with van der Waals surface area (Å²) in [5, 5.41) is 0. The van der Waals surface area contributed by atoms with Crippen molar-refractivity contribution in [2.75, 3.05) is 40.5 Å². The van der Waals surface area contributed by atoms with E-state index in [4.69, 9.17) is 18.9 Å². The predicted molar refractivity (Wildman–Crippen MR) is 95.7 cm³/mol. The van der Waals surface area contributed by atoms with Crippen molar-refractivity contribution in [3.63, 3.8) is 0 Å². The van der Waals surface area contributed by atoms with Crippen molar-refractivity contribution in [3.05, 3.63) is 42.5 Å². The highest BCUT2D eigenvalue weighted by Gasteiger charge is 2.23. The fourth-order valence-electron chi connectivity index (χ4n) is 2.51. The molecule has 0 fully saturated rings. The molecule has 26 heavy (non-hydrogen) atoms. The first-order chi connectivity index (χ1) is 12.5. The monoisotopic (exact) mass is 379 g/mol. The third kappa shape index (κ3) is 3.86. The Bertz CT molecular complexity index is 868. The standard InChI is InChI=1S/C18H21NO6S/c1-19(9-10-23-16-6-4-3-5-15(16)22-2)26(20,21)14-7-8-17-18(13-14)25-12-11-24-17/h3-8,13H,9-12H2,1-2H3. The topological polar surface area (TPSA) is 74.3 Å². The quantitative estimate of drug-likeness (QED) is 0.734. The maximum Gasteiger partial charge on any atom is 0.243 e. The number of hydrogen-bond donors (Lipinski definition) is 0. The molecular weight excluding hydrogens is 358 g/mol. The molecule has 0 atom stereocenters. The van der Waals surface area contributed by atoms with Gasteiger partial charge in [-0.3, -0.25) is 0 Å². The zero-order valence-electron chi connectivity index (χ0n) is 14.7. The highest BCUT2D eigenvalue weighted by atomic mass is 32.2. The van der Waals surface area contributed by atoms with Gasteiger partial charge in [-0.15, -0.1) is 0 Å². The van der Waals surface area contributed by atoms with Gasteiger partial charge in [0.2, 0.25) is 10.0 Å². The molecule has 0 bridgehead atoms. The van der Waals surface area contributed by atoms with Gasteiger partial charge in [0.1, 0.15) is 19.8 Å². The number of likely N-dealkylation sites (N-methyl/N-ethyl adjacent to an activating group) is 1. The predicted octanol–water partition coefficient (Wildman–Crippen LogP) is 2.17. The van der Waals surface area contributed by atoms with E-state index in [2.05, 4.69) is 0 Å². The van der Waals surface area contributed by atoms with Gasteiger partial charge in [-0.2, -0.15) is 4.31 Å². The molecule has 0 saturated carbocycles. The van der Waals surface area contributed by atoms with E-state index in [0.717, 1.165) is 0 Å². The Balaban J connectivity index is 1.66. The second-order valence-electron chi connectivity index (χ2n) is 5.63. The van der Waals surface area contributed by atoms with Gasteiger partial charge in [-0.05, 0) is 24.3 Å². The van der Waals surface area contributed by atoms with Crippen LogP contribution in [0, 0.1) is 0 Å². The van der Waals surface area contributed by atoms with E-state index in [1.54, 1.807) is 25.3 Å². The van der Waals surface area contributed by atoms with Crippen LogP contribution in [-0.2, 0) is 10.0 Å². The molecule has 8 heteroatoms. The molecular formula is C18H21NO6S. The Morgan fingerprint density at radius 1 is 1.04 bits per heavy atom. The van der Waals surface area contributed by atoms with E-state index in [1.165, 1.54) is 23.5 Å². The molecule has 0 amide bonds. The maximum atomic E-state index is 12.7. The van der Waals surface area contributed by atoms with Gasteiger partial charge in [0.25, 0.3) is 0 Å². The van der Waals surface area contributed by atoms with Crippen molar-refractivity contribution < 1.29 is 27.4 Å². The summed E-state index contributed by atoms with van der Waals surface area (Å²) >= 11 is 0. The molecule has 1 heterocycles. The highest BCUT2D eigenvalue weighted by Crippen LogP contribution is 2.33. The molecule has 2 aromatic carbocycles. The summed E-state index contributed by atoms with van der Waals surface area (Å²) in [5.74, 6) is 2.17. The number of ether oxygens (including phenoxy) is 4. The molecule has 1 aliphatic heterocycles. The Morgan fingerprint density at radius 3 is 2.46 bits per heavy atom. The Kier molecular flexibility index (Phi) is 5.53. The Labute approximate surface area is 153 Å². The van der Waals surface area contributed by atoms with Crippen LogP contribution in [0.15, 0.2) is 47.4 Å². The number of hydrogen-bond acceptors (Lipinski definition) is 6. The van der Waals surface area contributed by atoms with Crippen molar-refractivity contribution in [2.24, 2.45) is 0 Å². The summed E-state index contributed by atoms with van der Waals surface area (Å²) < 4.78 is 48.4. The van der Waals surface area contributed by atoms with E-state index in [9.17, 15) is 8.42 Å². The first kappa shape index (κ1) is 18.3. The molecule has 0 spiro atoms.